The Balaban J connectivity index is 7.12. The van der Waals surface area contributed by atoms with Crippen LogP contribution in [0.4, 0.5) is 0 Å². The highest BCUT2D eigenvalue weighted by Gasteiger charge is 2.33. The van der Waals surface area contributed by atoms with E-state index in [-0.39, 0.29) is 0 Å². The van der Waals surface area contributed by atoms with Crippen molar-refractivity contribution in [2.24, 2.45) is 35.0 Å². The van der Waals surface area contributed by atoms with Crippen molar-refractivity contribution in [2.75, 3.05) is 0 Å². The SMILES string of the molecule is CCCCCCCCCCC(CCCCCCCC)CC(CCCCCCCC)CC(CCCCCCCC)CC(C)(CCCCCCCC)CC(CCCCCCCC)CC(CCCCCCCC)CCCCCCCCCC. The highest BCUT2D eigenvalue weighted by molar-refractivity contribution is 4.85. The van der Waals surface area contributed by atoms with Crippen LogP contribution in [0.3, 0.4) is 0 Å². The van der Waals surface area contributed by atoms with E-state index in [4.69, 9.17) is 0 Å². The van der Waals surface area contributed by atoms with Crippen molar-refractivity contribution in [3.8, 4) is 0 Å². The van der Waals surface area contributed by atoms with Gasteiger partial charge >= 0.3 is 0 Å². The van der Waals surface area contributed by atoms with Gasteiger partial charge in [0.2, 0.25) is 0 Å². The molecule has 0 amide bonds. The molecule has 0 nitrogen and oxygen atoms in total. The van der Waals surface area contributed by atoms with E-state index in [2.05, 4.69) is 62.3 Å². The highest BCUT2D eigenvalue weighted by atomic mass is 14.4. The number of rotatable bonds is 70. The molecule has 0 fully saturated rings. The van der Waals surface area contributed by atoms with Crippen LogP contribution in [0.1, 0.15) is 480 Å². The molecule has 0 spiro atoms. The first kappa shape index (κ1) is 80.0. The van der Waals surface area contributed by atoms with Crippen LogP contribution in [-0.2, 0) is 0 Å². The van der Waals surface area contributed by atoms with Crippen LogP contribution in [0.25, 0.3) is 0 Å². The summed E-state index contributed by atoms with van der Waals surface area (Å²) in [7, 11) is 0. The minimum Gasteiger partial charge on any atom is -0.0654 e. The maximum absolute atomic E-state index is 2.94. The fourth-order valence-electron chi connectivity index (χ4n) is 15.3. The Bertz CT molecular complexity index is 1110. The van der Waals surface area contributed by atoms with Crippen molar-refractivity contribution in [2.45, 2.75) is 480 Å². The van der Waals surface area contributed by atoms with E-state index in [1.165, 1.54) is 385 Å². The van der Waals surface area contributed by atoms with Gasteiger partial charge in [-0.15, -0.1) is 0 Å². The largest absolute Gasteiger partial charge is 0.0654 e. The fraction of sp³-hybridized carbons (Fsp3) is 1.00. The molecule has 0 aliphatic heterocycles. The van der Waals surface area contributed by atoms with Crippen LogP contribution in [0, 0.1) is 35.0 Å². The predicted octanol–water partition coefficient (Wildman–Crippen LogP) is 30.6. The van der Waals surface area contributed by atoms with Gasteiger partial charge in [-0.1, -0.05) is 441 Å². The van der Waals surface area contributed by atoms with Crippen LogP contribution in [0.15, 0.2) is 0 Å². The highest BCUT2D eigenvalue weighted by Crippen LogP contribution is 2.46. The van der Waals surface area contributed by atoms with Gasteiger partial charge in [0.25, 0.3) is 0 Å². The Kier molecular flexibility index (Phi) is 65.0. The van der Waals surface area contributed by atoms with Crippen LogP contribution in [-0.4, -0.2) is 0 Å². The predicted molar refractivity (Wildman–Crippen MR) is 371 cm³/mol. The zero-order chi connectivity index (χ0) is 58.3. The van der Waals surface area contributed by atoms with Gasteiger partial charge in [0.1, 0.15) is 0 Å². The second-order valence-electron chi connectivity index (χ2n) is 29.1. The van der Waals surface area contributed by atoms with Crippen LogP contribution in [0.5, 0.6) is 0 Å². The number of hydrogen-bond acceptors (Lipinski definition) is 0. The molecule has 0 rings (SSSR count). The van der Waals surface area contributed by atoms with Gasteiger partial charge in [-0.25, -0.2) is 0 Å². The first-order valence-corrected chi connectivity index (χ1v) is 39.3. The van der Waals surface area contributed by atoms with Crippen molar-refractivity contribution in [1.82, 2.24) is 0 Å². The molecular weight excluding hydrogens is 961 g/mol. The van der Waals surface area contributed by atoms with Gasteiger partial charge in [0, 0.05) is 0 Å². The molecule has 80 heavy (non-hydrogen) atoms. The Morgan fingerprint density at radius 3 is 0.575 bits per heavy atom. The summed E-state index contributed by atoms with van der Waals surface area (Å²) < 4.78 is 0. The van der Waals surface area contributed by atoms with E-state index >= 15 is 0 Å². The molecule has 0 heteroatoms. The third-order valence-electron chi connectivity index (χ3n) is 20.5. The minimum absolute atomic E-state index is 0.493. The molecule has 0 aromatic rings. The monoisotopic (exact) mass is 1120 g/mol. The van der Waals surface area contributed by atoms with Crippen molar-refractivity contribution in [1.29, 1.82) is 0 Å². The van der Waals surface area contributed by atoms with Crippen molar-refractivity contribution < 1.29 is 0 Å². The second-order valence-corrected chi connectivity index (χ2v) is 29.1. The van der Waals surface area contributed by atoms with E-state index in [0.29, 0.717) is 5.41 Å². The lowest BCUT2D eigenvalue weighted by Gasteiger charge is -2.39. The maximum atomic E-state index is 2.94. The second kappa shape index (κ2) is 65.0. The summed E-state index contributed by atoms with van der Waals surface area (Å²) >= 11 is 0. The van der Waals surface area contributed by atoms with Gasteiger partial charge < -0.3 is 0 Å². The average molecular weight is 1120 g/mol. The summed E-state index contributed by atoms with van der Waals surface area (Å²) in [5.74, 6) is 4.76. The van der Waals surface area contributed by atoms with E-state index in [0.717, 1.165) is 29.6 Å². The van der Waals surface area contributed by atoms with E-state index < -0.39 is 0 Å². The number of unbranched alkanes of at least 4 members (excludes halogenated alkanes) is 44. The molecule has 0 radical (unpaired) electrons. The Morgan fingerprint density at radius 2 is 0.338 bits per heavy atom. The summed E-state index contributed by atoms with van der Waals surface area (Å²) in [4.78, 5) is 0. The smallest absolute Gasteiger partial charge is 0.0321 e. The zero-order valence-electron chi connectivity index (χ0n) is 58.3. The Labute approximate surface area is 512 Å². The molecule has 0 bridgehead atoms. The van der Waals surface area contributed by atoms with Gasteiger partial charge in [-0.3, -0.25) is 0 Å². The molecular formula is C80H162. The molecule has 0 aromatic carbocycles. The third kappa shape index (κ3) is 55.8. The molecule has 0 saturated carbocycles. The first-order chi connectivity index (χ1) is 39.3. The topological polar surface area (TPSA) is 0 Å². The zero-order valence-corrected chi connectivity index (χ0v) is 58.3. The molecule has 482 valence electrons. The summed E-state index contributed by atoms with van der Waals surface area (Å²) in [5.41, 5.74) is 0.493. The van der Waals surface area contributed by atoms with E-state index in [9.17, 15) is 0 Å². The van der Waals surface area contributed by atoms with Crippen molar-refractivity contribution >= 4 is 0 Å². The molecule has 0 aliphatic rings. The first-order valence-electron chi connectivity index (χ1n) is 39.3. The summed E-state index contributed by atoms with van der Waals surface area (Å²) in [6.07, 6.45) is 96.1. The summed E-state index contributed by atoms with van der Waals surface area (Å²) in [6, 6.07) is 0. The quantitative estimate of drug-likeness (QED) is 0.0533. The average Bonchev–Trinajstić information content (AvgIpc) is 3.45. The summed E-state index contributed by atoms with van der Waals surface area (Å²) in [6.45, 7) is 22.1. The standard InChI is InChI=1S/C80H162/c1-10-18-26-34-42-44-51-56-63-75(62-54-46-36-28-20-12-3)70-77(66-58-48-38-30-22-14-5)72-79(68-60-50-40-32-24-16-7)74-80(9,69-61-53-41-33-25-17-8)73-78(67-59-49-39-31-23-15-6)71-76(64-55-47-37-29-21-13-4)65-57-52-45-43-35-27-19-11-2/h75-79H,10-74H2,1-9H3. The molecule has 6 unspecified atom stereocenters. The van der Waals surface area contributed by atoms with Gasteiger partial charge in [-0.2, -0.15) is 0 Å². The normalized spacial score (nSPS) is 14.7. The molecule has 0 saturated heterocycles. The van der Waals surface area contributed by atoms with Gasteiger partial charge in [-0.05, 0) is 73.5 Å². The van der Waals surface area contributed by atoms with Crippen LogP contribution in [0.2, 0.25) is 0 Å². The van der Waals surface area contributed by atoms with E-state index in [1.807, 2.05) is 0 Å². The van der Waals surface area contributed by atoms with Crippen molar-refractivity contribution in [3.63, 3.8) is 0 Å². The van der Waals surface area contributed by atoms with Gasteiger partial charge in [0.15, 0.2) is 0 Å². The molecule has 0 N–H and O–H groups in total. The van der Waals surface area contributed by atoms with Crippen LogP contribution < -0.4 is 0 Å². The Morgan fingerprint density at radius 1 is 0.175 bits per heavy atom. The molecule has 0 heterocycles. The molecule has 0 aromatic heterocycles. The Hall–Kier alpha value is 0. The molecule has 6 atom stereocenters. The number of hydrogen-bond donors (Lipinski definition) is 0. The third-order valence-corrected chi connectivity index (χ3v) is 20.5. The lowest BCUT2D eigenvalue weighted by Crippen LogP contribution is -2.27. The minimum atomic E-state index is 0.493. The molecule has 0 aliphatic carbocycles. The lowest BCUT2D eigenvalue weighted by atomic mass is 9.66. The fourth-order valence-corrected chi connectivity index (χ4v) is 15.3. The van der Waals surface area contributed by atoms with E-state index in [1.54, 1.807) is 32.1 Å². The van der Waals surface area contributed by atoms with Gasteiger partial charge in [0.05, 0.1) is 0 Å². The lowest BCUT2D eigenvalue weighted by molar-refractivity contribution is 0.123. The van der Waals surface area contributed by atoms with Crippen LogP contribution >= 0.6 is 0 Å². The maximum Gasteiger partial charge on any atom is -0.0321 e. The van der Waals surface area contributed by atoms with Crippen molar-refractivity contribution in [3.05, 3.63) is 0 Å². The summed E-state index contributed by atoms with van der Waals surface area (Å²) in [5, 5.41) is 0.